The number of aryl methyl sites for hydroxylation is 1. The second kappa shape index (κ2) is 7.09. The van der Waals surface area contributed by atoms with Crippen LogP contribution in [0.2, 0.25) is 0 Å². The van der Waals surface area contributed by atoms with Gasteiger partial charge in [-0.15, -0.1) is 0 Å². The van der Waals surface area contributed by atoms with Gasteiger partial charge in [0.2, 0.25) is 6.79 Å². The molecule has 6 nitrogen and oxygen atoms in total. The predicted octanol–water partition coefficient (Wildman–Crippen LogP) is 4.20. The molecule has 0 bridgehead atoms. The Kier molecular flexibility index (Phi) is 4.60. The molecule has 0 saturated carbocycles. The summed E-state index contributed by atoms with van der Waals surface area (Å²) >= 11 is 0. The van der Waals surface area contributed by atoms with Gasteiger partial charge in [0.05, 0.1) is 17.7 Å². The number of methoxy groups -OCH3 is 1. The van der Waals surface area contributed by atoms with Gasteiger partial charge in [0.1, 0.15) is 5.75 Å². The molecule has 0 aliphatic carbocycles. The third kappa shape index (κ3) is 3.36. The van der Waals surface area contributed by atoms with E-state index in [1.54, 1.807) is 49.6 Å². The van der Waals surface area contributed by atoms with Crippen molar-refractivity contribution in [2.24, 2.45) is 0 Å². The summed E-state index contributed by atoms with van der Waals surface area (Å²) in [5.74, 6) is 1.78. The summed E-state index contributed by atoms with van der Waals surface area (Å²) in [6.45, 7) is 2.04. The number of ether oxygens (including phenoxy) is 3. The number of rotatable bonds is 5. The van der Waals surface area contributed by atoms with Crippen LogP contribution in [-0.2, 0) is 10.0 Å². The smallest absolute Gasteiger partial charge is 0.261 e. The first-order valence-electron chi connectivity index (χ1n) is 8.64. The number of hydrogen-bond donors (Lipinski definition) is 1. The first-order valence-corrected chi connectivity index (χ1v) is 10.1. The summed E-state index contributed by atoms with van der Waals surface area (Å²) in [7, 11) is -2.16. The lowest BCUT2D eigenvalue weighted by atomic mass is 10.0. The maximum absolute atomic E-state index is 12.9. The van der Waals surface area contributed by atoms with Crippen molar-refractivity contribution < 1.29 is 22.6 Å². The summed E-state index contributed by atoms with van der Waals surface area (Å²) in [4.78, 5) is 0.181. The van der Waals surface area contributed by atoms with Gasteiger partial charge < -0.3 is 14.2 Å². The number of sulfonamides is 1. The largest absolute Gasteiger partial charge is 0.496 e. The maximum Gasteiger partial charge on any atom is 0.261 e. The molecule has 0 fully saturated rings. The zero-order chi connectivity index (χ0) is 19.7. The lowest BCUT2D eigenvalue weighted by Crippen LogP contribution is -2.13. The highest BCUT2D eigenvalue weighted by atomic mass is 32.2. The summed E-state index contributed by atoms with van der Waals surface area (Å²) in [5, 5.41) is 0. The van der Waals surface area contributed by atoms with Crippen molar-refractivity contribution >= 4 is 15.7 Å². The van der Waals surface area contributed by atoms with Crippen LogP contribution in [0.4, 0.5) is 5.69 Å². The SMILES string of the molecule is COc1cc(-c2cc3c(cc2NS(=O)(=O)c2ccccc2)OCO3)ccc1C. The van der Waals surface area contributed by atoms with Crippen LogP contribution in [-0.4, -0.2) is 22.3 Å². The first-order chi connectivity index (χ1) is 13.5. The molecule has 7 heteroatoms. The van der Waals surface area contributed by atoms with Crippen molar-refractivity contribution in [2.75, 3.05) is 18.6 Å². The van der Waals surface area contributed by atoms with Crippen molar-refractivity contribution in [3.8, 4) is 28.4 Å². The highest BCUT2D eigenvalue weighted by Crippen LogP contribution is 2.42. The third-order valence-corrected chi connectivity index (χ3v) is 5.91. The topological polar surface area (TPSA) is 73.9 Å². The van der Waals surface area contributed by atoms with Crippen LogP contribution in [0, 0.1) is 6.92 Å². The molecule has 0 spiro atoms. The Morgan fingerprint density at radius 3 is 2.39 bits per heavy atom. The van der Waals surface area contributed by atoms with Crippen LogP contribution in [0.25, 0.3) is 11.1 Å². The van der Waals surface area contributed by atoms with Gasteiger partial charge in [-0.3, -0.25) is 4.72 Å². The average molecular weight is 397 g/mol. The Hall–Kier alpha value is -3.19. The van der Waals surface area contributed by atoms with E-state index in [4.69, 9.17) is 14.2 Å². The normalized spacial score (nSPS) is 12.6. The molecular formula is C21H19NO5S. The molecule has 0 amide bonds. The van der Waals surface area contributed by atoms with E-state index in [0.717, 1.165) is 11.1 Å². The fourth-order valence-electron chi connectivity index (χ4n) is 3.06. The summed E-state index contributed by atoms with van der Waals surface area (Å²) in [6.07, 6.45) is 0. The Labute approximate surface area is 163 Å². The first kappa shape index (κ1) is 18.2. The molecule has 4 rings (SSSR count). The molecule has 0 unspecified atom stereocenters. The van der Waals surface area contributed by atoms with Gasteiger partial charge in [-0.05, 0) is 42.3 Å². The molecule has 1 aliphatic heterocycles. The molecule has 0 radical (unpaired) electrons. The quantitative estimate of drug-likeness (QED) is 0.698. The van der Waals surface area contributed by atoms with Crippen LogP contribution in [0.3, 0.4) is 0 Å². The summed E-state index contributed by atoms with van der Waals surface area (Å²) < 4.78 is 44.7. The molecule has 3 aromatic rings. The van der Waals surface area contributed by atoms with E-state index in [0.29, 0.717) is 28.5 Å². The predicted molar refractivity (Wildman–Crippen MR) is 107 cm³/mol. The lowest BCUT2D eigenvalue weighted by molar-refractivity contribution is 0.174. The molecule has 28 heavy (non-hydrogen) atoms. The van der Waals surface area contributed by atoms with Crippen LogP contribution >= 0.6 is 0 Å². The standard InChI is InChI=1S/C21H19NO5S/c1-14-8-9-15(10-19(14)25-2)17-11-20-21(27-13-26-20)12-18(17)22-28(23,24)16-6-4-3-5-7-16/h3-12,22H,13H2,1-2H3. The van der Waals surface area contributed by atoms with Gasteiger partial charge >= 0.3 is 0 Å². The molecule has 1 N–H and O–H groups in total. The van der Waals surface area contributed by atoms with E-state index in [2.05, 4.69) is 4.72 Å². The molecule has 3 aromatic carbocycles. The van der Waals surface area contributed by atoms with Gasteiger partial charge in [-0.2, -0.15) is 0 Å². The van der Waals surface area contributed by atoms with Crippen molar-refractivity contribution in [3.63, 3.8) is 0 Å². The zero-order valence-corrected chi connectivity index (χ0v) is 16.2. The lowest BCUT2D eigenvalue weighted by Gasteiger charge is -2.15. The maximum atomic E-state index is 12.9. The van der Waals surface area contributed by atoms with Gasteiger partial charge in [0.25, 0.3) is 10.0 Å². The molecule has 0 atom stereocenters. The van der Waals surface area contributed by atoms with E-state index < -0.39 is 10.0 Å². The highest BCUT2D eigenvalue weighted by molar-refractivity contribution is 7.92. The van der Waals surface area contributed by atoms with Crippen LogP contribution in [0.15, 0.2) is 65.6 Å². The van der Waals surface area contributed by atoms with Crippen LogP contribution in [0.1, 0.15) is 5.56 Å². The fraction of sp³-hybridized carbons (Fsp3) is 0.143. The molecular weight excluding hydrogens is 378 g/mol. The van der Waals surface area contributed by atoms with Gasteiger partial charge in [0, 0.05) is 11.6 Å². The average Bonchev–Trinajstić information content (AvgIpc) is 3.15. The van der Waals surface area contributed by atoms with E-state index in [-0.39, 0.29) is 11.7 Å². The van der Waals surface area contributed by atoms with E-state index in [9.17, 15) is 8.42 Å². The minimum atomic E-state index is -3.76. The van der Waals surface area contributed by atoms with Gasteiger partial charge in [-0.25, -0.2) is 8.42 Å². The van der Waals surface area contributed by atoms with Gasteiger partial charge in [-0.1, -0.05) is 30.3 Å². The Morgan fingerprint density at radius 2 is 1.68 bits per heavy atom. The minimum absolute atomic E-state index is 0.0981. The monoisotopic (exact) mass is 397 g/mol. The minimum Gasteiger partial charge on any atom is -0.496 e. The molecule has 144 valence electrons. The second-order valence-corrected chi connectivity index (χ2v) is 8.04. The van der Waals surface area contributed by atoms with E-state index >= 15 is 0 Å². The van der Waals surface area contributed by atoms with Crippen molar-refractivity contribution in [2.45, 2.75) is 11.8 Å². The van der Waals surface area contributed by atoms with Crippen molar-refractivity contribution in [1.29, 1.82) is 0 Å². The van der Waals surface area contributed by atoms with Crippen LogP contribution < -0.4 is 18.9 Å². The Morgan fingerprint density at radius 1 is 0.964 bits per heavy atom. The Balaban J connectivity index is 1.83. The van der Waals surface area contributed by atoms with Crippen molar-refractivity contribution in [1.82, 2.24) is 0 Å². The highest BCUT2D eigenvalue weighted by Gasteiger charge is 2.22. The molecule has 1 aliphatic rings. The second-order valence-electron chi connectivity index (χ2n) is 6.35. The fourth-order valence-corrected chi connectivity index (χ4v) is 4.15. The molecule has 0 saturated heterocycles. The van der Waals surface area contributed by atoms with E-state index in [1.165, 1.54) is 0 Å². The van der Waals surface area contributed by atoms with Gasteiger partial charge in [0.15, 0.2) is 11.5 Å². The number of anilines is 1. The number of benzene rings is 3. The molecule has 0 aromatic heterocycles. The molecule has 1 heterocycles. The number of nitrogens with one attached hydrogen (secondary N) is 1. The van der Waals surface area contributed by atoms with Crippen molar-refractivity contribution in [3.05, 3.63) is 66.2 Å². The number of fused-ring (bicyclic) bond motifs is 1. The summed E-state index contributed by atoms with van der Waals surface area (Å²) in [6, 6.07) is 17.3. The number of hydrogen-bond acceptors (Lipinski definition) is 5. The third-order valence-electron chi connectivity index (χ3n) is 4.53. The Bertz CT molecular complexity index is 1130. The van der Waals surface area contributed by atoms with E-state index in [1.807, 2.05) is 25.1 Å². The van der Waals surface area contributed by atoms with Crippen LogP contribution in [0.5, 0.6) is 17.2 Å². The summed E-state index contributed by atoms with van der Waals surface area (Å²) in [5.41, 5.74) is 2.85. The zero-order valence-electron chi connectivity index (χ0n) is 15.4.